The minimum Gasteiger partial charge on any atom is -0.284 e. The molecule has 0 saturated carbocycles. The van der Waals surface area contributed by atoms with Crippen LogP contribution in [0.25, 0.3) is 16.4 Å². The summed E-state index contributed by atoms with van der Waals surface area (Å²) in [6, 6.07) is 10.9. The molecule has 0 aliphatic rings. The lowest BCUT2D eigenvalue weighted by Gasteiger charge is -2.03. The van der Waals surface area contributed by atoms with Gasteiger partial charge in [0, 0.05) is 23.8 Å². The third kappa shape index (κ3) is 1.13. The van der Waals surface area contributed by atoms with E-state index in [0.717, 1.165) is 16.4 Å². The molecule has 0 aliphatic carbocycles. The predicted octanol–water partition coefficient (Wildman–Crippen LogP) is 1.85. The van der Waals surface area contributed by atoms with Crippen molar-refractivity contribution in [3.63, 3.8) is 0 Å². The Morgan fingerprint density at radius 3 is 2.93 bits per heavy atom. The molecule has 3 heterocycles. The van der Waals surface area contributed by atoms with E-state index in [4.69, 9.17) is 0 Å². The largest absolute Gasteiger partial charge is 0.284 e. The molecule has 0 saturated heterocycles. The smallest absolute Gasteiger partial charge is 0.255 e. The summed E-state index contributed by atoms with van der Waals surface area (Å²) in [6.07, 6.45) is 3.51. The van der Waals surface area contributed by atoms with Gasteiger partial charge in [-0.2, -0.15) is 0 Å². The maximum atomic E-state index is 11.6. The van der Waals surface area contributed by atoms with Gasteiger partial charge in [0.25, 0.3) is 5.56 Å². The molecule has 0 fully saturated rings. The standard InChI is InChI=1S/C12H8N2O/c15-12-5-1-4-11-9-3-2-7-13-10(9)6-8-14(11)12/h1-8H. The molecular weight excluding hydrogens is 188 g/mol. The monoisotopic (exact) mass is 196 g/mol. The average Bonchev–Trinajstić information content (AvgIpc) is 2.29. The minimum absolute atomic E-state index is 0.0155. The van der Waals surface area contributed by atoms with E-state index in [2.05, 4.69) is 4.98 Å². The van der Waals surface area contributed by atoms with Crippen molar-refractivity contribution in [1.29, 1.82) is 0 Å². The van der Waals surface area contributed by atoms with Crippen LogP contribution in [-0.4, -0.2) is 9.38 Å². The second-order valence-electron chi connectivity index (χ2n) is 3.37. The van der Waals surface area contributed by atoms with E-state index in [-0.39, 0.29) is 5.56 Å². The Balaban J connectivity index is 2.67. The summed E-state index contributed by atoms with van der Waals surface area (Å²) in [5.41, 5.74) is 1.79. The second kappa shape index (κ2) is 2.92. The molecule has 3 aromatic rings. The van der Waals surface area contributed by atoms with Gasteiger partial charge in [-0.25, -0.2) is 0 Å². The number of fused-ring (bicyclic) bond motifs is 3. The molecule has 3 aromatic heterocycles. The summed E-state index contributed by atoms with van der Waals surface area (Å²) in [7, 11) is 0. The third-order valence-electron chi connectivity index (χ3n) is 2.49. The highest BCUT2D eigenvalue weighted by molar-refractivity contribution is 5.92. The lowest BCUT2D eigenvalue weighted by Crippen LogP contribution is -2.10. The molecule has 0 aromatic carbocycles. The van der Waals surface area contributed by atoms with E-state index in [9.17, 15) is 4.79 Å². The summed E-state index contributed by atoms with van der Waals surface area (Å²) in [4.78, 5) is 15.8. The molecule has 0 unspecified atom stereocenters. The van der Waals surface area contributed by atoms with Crippen molar-refractivity contribution in [2.45, 2.75) is 0 Å². The van der Waals surface area contributed by atoms with Crippen LogP contribution >= 0.6 is 0 Å². The number of hydrogen-bond acceptors (Lipinski definition) is 2. The van der Waals surface area contributed by atoms with Crippen molar-refractivity contribution in [3.05, 3.63) is 59.1 Å². The highest BCUT2D eigenvalue weighted by Gasteiger charge is 2.00. The summed E-state index contributed by atoms with van der Waals surface area (Å²) >= 11 is 0. The Kier molecular flexibility index (Phi) is 1.59. The lowest BCUT2D eigenvalue weighted by molar-refractivity contribution is 1.10. The van der Waals surface area contributed by atoms with Gasteiger partial charge in [-0.15, -0.1) is 0 Å². The maximum absolute atomic E-state index is 11.6. The predicted molar refractivity (Wildman–Crippen MR) is 59.0 cm³/mol. The molecule has 0 atom stereocenters. The van der Waals surface area contributed by atoms with E-state index in [1.807, 2.05) is 24.3 Å². The van der Waals surface area contributed by atoms with Gasteiger partial charge in [-0.1, -0.05) is 6.07 Å². The van der Waals surface area contributed by atoms with Crippen LogP contribution in [0.15, 0.2) is 53.6 Å². The zero-order valence-corrected chi connectivity index (χ0v) is 7.92. The zero-order valence-electron chi connectivity index (χ0n) is 7.92. The molecule has 72 valence electrons. The molecule has 0 bridgehead atoms. The van der Waals surface area contributed by atoms with E-state index < -0.39 is 0 Å². The molecule has 3 nitrogen and oxygen atoms in total. The summed E-state index contributed by atoms with van der Waals surface area (Å²) in [5, 5.41) is 0.998. The maximum Gasteiger partial charge on any atom is 0.255 e. The molecule has 15 heavy (non-hydrogen) atoms. The van der Waals surface area contributed by atoms with Crippen LogP contribution in [0, 0.1) is 0 Å². The molecule has 3 heteroatoms. The fraction of sp³-hybridized carbons (Fsp3) is 0. The van der Waals surface area contributed by atoms with Crippen molar-refractivity contribution in [2.75, 3.05) is 0 Å². The minimum atomic E-state index is -0.0155. The number of hydrogen-bond donors (Lipinski definition) is 0. The Bertz CT molecular complexity index is 700. The van der Waals surface area contributed by atoms with Crippen molar-refractivity contribution in [2.24, 2.45) is 0 Å². The van der Waals surface area contributed by atoms with Crippen molar-refractivity contribution < 1.29 is 0 Å². The Labute approximate surface area is 85.6 Å². The van der Waals surface area contributed by atoms with Gasteiger partial charge in [0.1, 0.15) is 0 Å². The quantitative estimate of drug-likeness (QED) is 0.514. The second-order valence-corrected chi connectivity index (χ2v) is 3.37. The Morgan fingerprint density at radius 1 is 1.07 bits per heavy atom. The van der Waals surface area contributed by atoms with Gasteiger partial charge < -0.3 is 0 Å². The molecule has 0 N–H and O–H groups in total. The highest BCUT2D eigenvalue weighted by atomic mass is 16.1. The van der Waals surface area contributed by atoms with Crippen molar-refractivity contribution in [3.8, 4) is 0 Å². The highest BCUT2D eigenvalue weighted by Crippen LogP contribution is 2.15. The molecule has 0 aliphatic heterocycles. The van der Waals surface area contributed by atoms with E-state index >= 15 is 0 Å². The Morgan fingerprint density at radius 2 is 2.00 bits per heavy atom. The van der Waals surface area contributed by atoms with Gasteiger partial charge in [0.05, 0.1) is 11.0 Å². The van der Waals surface area contributed by atoms with Crippen LogP contribution in [-0.2, 0) is 0 Å². The van der Waals surface area contributed by atoms with Crippen molar-refractivity contribution >= 4 is 16.4 Å². The van der Waals surface area contributed by atoms with E-state index in [1.165, 1.54) is 0 Å². The van der Waals surface area contributed by atoms with Crippen LogP contribution in [0.5, 0.6) is 0 Å². The van der Waals surface area contributed by atoms with Gasteiger partial charge in [-0.05, 0) is 24.3 Å². The fourth-order valence-electron chi connectivity index (χ4n) is 1.79. The van der Waals surface area contributed by atoms with E-state index in [1.54, 1.807) is 28.9 Å². The normalized spacial score (nSPS) is 10.9. The first kappa shape index (κ1) is 8.17. The van der Waals surface area contributed by atoms with Crippen LogP contribution < -0.4 is 5.56 Å². The summed E-state index contributed by atoms with van der Waals surface area (Å²) in [5.74, 6) is 0. The average molecular weight is 196 g/mol. The van der Waals surface area contributed by atoms with Gasteiger partial charge in [0.15, 0.2) is 0 Å². The SMILES string of the molecule is O=c1cccc2c3cccnc3ccn12. The van der Waals surface area contributed by atoms with Crippen LogP contribution in [0.2, 0.25) is 0 Å². The summed E-state index contributed by atoms with van der Waals surface area (Å²) < 4.78 is 1.63. The van der Waals surface area contributed by atoms with Crippen LogP contribution in [0.4, 0.5) is 0 Å². The number of rotatable bonds is 0. The topological polar surface area (TPSA) is 34.4 Å². The first-order valence-electron chi connectivity index (χ1n) is 4.71. The molecule has 0 spiro atoms. The first-order chi connectivity index (χ1) is 7.36. The van der Waals surface area contributed by atoms with Crippen molar-refractivity contribution in [1.82, 2.24) is 9.38 Å². The number of nitrogens with zero attached hydrogens (tertiary/aromatic N) is 2. The van der Waals surface area contributed by atoms with Crippen LogP contribution in [0.1, 0.15) is 0 Å². The van der Waals surface area contributed by atoms with E-state index in [0.29, 0.717) is 0 Å². The van der Waals surface area contributed by atoms with Gasteiger partial charge in [-0.3, -0.25) is 14.2 Å². The number of pyridine rings is 3. The summed E-state index contributed by atoms with van der Waals surface area (Å²) in [6.45, 7) is 0. The van der Waals surface area contributed by atoms with Crippen LogP contribution in [0.3, 0.4) is 0 Å². The molecular formula is C12H8N2O. The fourth-order valence-corrected chi connectivity index (χ4v) is 1.79. The third-order valence-corrected chi connectivity index (χ3v) is 2.49. The molecule has 0 radical (unpaired) electrons. The first-order valence-corrected chi connectivity index (χ1v) is 4.71. The zero-order chi connectivity index (χ0) is 10.3. The van der Waals surface area contributed by atoms with Gasteiger partial charge >= 0.3 is 0 Å². The molecule has 3 rings (SSSR count). The lowest BCUT2D eigenvalue weighted by atomic mass is 10.2. The van der Waals surface area contributed by atoms with Gasteiger partial charge in [0.2, 0.25) is 0 Å². The number of aromatic nitrogens is 2. The molecule has 0 amide bonds. The Hall–Kier alpha value is -2.16.